The van der Waals surface area contributed by atoms with Crippen molar-refractivity contribution in [2.75, 3.05) is 0 Å². The SMILES string of the molecule is CC(C)(C)OC(=O)N1C2CCC(C2)C1C(=O)NC(C#N)Cc1cc2c(=O)[nH]c3ccccc3c2cc1F. The molecule has 4 atom stereocenters. The van der Waals surface area contributed by atoms with Crippen molar-refractivity contribution in [2.24, 2.45) is 5.92 Å². The fourth-order valence-corrected chi connectivity index (χ4v) is 5.71. The standard InChI is InChI=1S/C28H29FN4O4/c1-28(2,3)37-27(36)33-18-9-8-15(11-18)24(33)26(35)31-17(14-30)10-16-12-21-20(13-22(16)29)19-6-4-5-7-23(19)32-25(21)34/h4-7,12-13,15,17-18,24H,8-11H2,1-3H3,(H,31,35)(H,32,34). The molecular formula is C28H29FN4O4. The third-order valence-corrected chi connectivity index (χ3v) is 7.25. The highest BCUT2D eigenvalue weighted by atomic mass is 19.1. The van der Waals surface area contributed by atoms with Gasteiger partial charge in [0.2, 0.25) is 5.91 Å². The van der Waals surface area contributed by atoms with Crippen molar-refractivity contribution in [3.8, 4) is 6.07 Å². The van der Waals surface area contributed by atoms with Crippen LogP contribution in [0.1, 0.15) is 45.6 Å². The van der Waals surface area contributed by atoms with Crippen molar-refractivity contribution in [1.29, 1.82) is 5.26 Å². The Labute approximate surface area is 213 Å². The number of piperidine rings is 1. The Balaban J connectivity index is 1.38. The molecule has 2 fully saturated rings. The summed E-state index contributed by atoms with van der Waals surface area (Å²) < 4.78 is 20.7. The van der Waals surface area contributed by atoms with Crippen LogP contribution in [0.2, 0.25) is 0 Å². The van der Waals surface area contributed by atoms with Crippen molar-refractivity contribution >= 4 is 33.7 Å². The number of pyridine rings is 1. The van der Waals surface area contributed by atoms with Gasteiger partial charge in [-0.15, -0.1) is 0 Å². The van der Waals surface area contributed by atoms with Crippen LogP contribution < -0.4 is 10.9 Å². The highest BCUT2D eigenvalue weighted by Gasteiger charge is 2.52. The quantitative estimate of drug-likeness (QED) is 0.518. The molecule has 4 unspecified atom stereocenters. The van der Waals surface area contributed by atoms with E-state index in [0.717, 1.165) is 12.8 Å². The first kappa shape index (κ1) is 24.8. The molecule has 1 saturated carbocycles. The molecule has 2 heterocycles. The van der Waals surface area contributed by atoms with Gasteiger partial charge >= 0.3 is 6.09 Å². The average molecular weight is 505 g/mol. The van der Waals surface area contributed by atoms with Crippen LogP contribution in [-0.2, 0) is 16.0 Å². The van der Waals surface area contributed by atoms with E-state index in [4.69, 9.17) is 4.74 Å². The van der Waals surface area contributed by atoms with E-state index in [-0.39, 0.29) is 29.5 Å². The number of ether oxygens (including phenoxy) is 1. The minimum atomic E-state index is -1.04. The first-order chi connectivity index (χ1) is 17.6. The Morgan fingerprint density at radius 2 is 1.97 bits per heavy atom. The zero-order chi connectivity index (χ0) is 26.5. The lowest BCUT2D eigenvalue weighted by Gasteiger charge is -2.35. The van der Waals surface area contributed by atoms with Crippen molar-refractivity contribution in [2.45, 2.75) is 70.2 Å². The summed E-state index contributed by atoms with van der Waals surface area (Å²) in [5.74, 6) is -1.02. The van der Waals surface area contributed by atoms with Gasteiger partial charge in [-0.3, -0.25) is 14.5 Å². The molecule has 2 N–H and O–H groups in total. The molecule has 0 spiro atoms. The van der Waals surface area contributed by atoms with Gasteiger partial charge in [0.05, 0.1) is 6.07 Å². The van der Waals surface area contributed by atoms with Gasteiger partial charge in [0, 0.05) is 28.8 Å². The second-order valence-electron chi connectivity index (χ2n) is 10.9. The van der Waals surface area contributed by atoms with Crippen LogP contribution in [0.5, 0.6) is 0 Å². The van der Waals surface area contributed by atoms with E-state index in [1.807, 2.05) is 12.1 Å². The van der Waals surface area contributed by atoms with Gasteiger partial charge in [0.1, 0.15) is 23.5 Å². The molecule has 5 rings (SSSR count). The van der Waals surface area contributed by atoms with Gasteiger partial charge in [0.25, 0.3) is 5.56 Å². The number of aromatic nitrogens is 1. The van der Waals surface area contributed by atoms with Crippen LogP contribution >= 0.6 is 0 Å². The number of fused-ring (bicyclic) bond motifs is 5. The number of para-hydroxylation sites is 1. The second-order valence-corrected chi connectivity index (χ2v) is 10.9. The Morgan fingerprint density at radius 1 is 1.22 bits per heavy atom. The maximum Gasteiger partial charge on any atom is 0.411 e. The van der Waals surface area contributed by atoms with E-state index < -0.39 is 35.5 Å². The van der Waals surface area contributed by atoms with E-state index in [1.165, 1.54) is 17.0 Å². The molecule has 3 aromatic rings. The Hall–Kier alpha value is -3.93. The minimum Gasteiger partial charge on any atom is -0.444 e. The number of likely N-dealkylation sites (tertiary alicyclic amines) is 1. The number of halogens is 1. The van der Waals surface area contributed by atoms with Crippen LogP contribution in [-0.4, -0.2) is 45.6 Å². The lowest BCUT2D eigenvalue weighted by Crippen LogP contribution is -2.55. The summed E-state index contributed by atoms with van der Waals surface area (Å²) in [6.07, 6.45) is 1.67. The molecule has 2 amide bonds. The van der Waals surface area contributed by atoms with Gasteiger partial charge in [0.15, 0.2) is 0 Å². The normalized spacial score (nSPS) is 21.7. The molecule has 9 heteroatoms. The zero-order valence-corrected chi connectivity index (χ0v) is 21.0. The number of rotatable bonds is 4. The first-order valence-electron chi connectivity index (χ1n) is 12.5. The number of carbonyl (C=O) groups excluding carboxylic acids is 2. The number of nitrogens with one attached hydrogen (secondary N) is 2. The summed E-state index contributed by atoms with van der Waals surface area (Å²) >= 11 is 0. The Morgan fingerprint density at radius 3 is 2.70 bits per heavy atom. The fourth-order valence-electron chi connectivity index (χ4n) is 5.71. The summed E-state index contributed by atoms with van der Waals surface area (Å²) in [6, 6.07) is 10.1. The lowest BCUT2D eigenvalue weighted by atomic mass is 9.96. The van der Waals surface area contributed by atoms with Gasteiger partial charge in [-0.05, 0) is 75.1 Å². The number of hydrogen-bond donors (Lipinski definition) is 2. The van der Waals surface area contributed by atoms with Crippen LogP contribution in [0.15, 0.2) is 41.2 Å². The summed E-state index contributed by atoms with van der Waals surface area (Å²) in [6.45, 7) is 5.31. The molecule has 192 valence electrons. The maximum atomic E-state index is 15.2. The average Bonchev–Trinajstić information content (AvgIpc) is 3.45. The van der Waals surface area contributed by atoms with E-state index in [9.17, 15) is 19.6 Å². The van der Waals surface area contributed by atoms with E-state index in [2.05, 4.69) is 10.3 Å². The molecular weight excluding hydrogens is 475 g/mol. The number of aromatic amines is 1. The lowest BCUT2D eigenvalue weighted by molar-refractivity contribution is -0.128. The molecule has 2 aromatic carbocycles. The molecule has 0 radical (unpaired) electrons. The molecule has 8 nitrogen and oxygen atoms in total. The third-order valence-electron chi connectivity index (χ3n) is 7.25. The number of H-pyrrole nitrogens is 1. The van der Waals surface area contributed by atoms with Crippen LogP contribution in [0.3, 0.4) is 0 Å². The smallest absolute Gasteiger partial charge is 0.411 e. The van der Waals surface area contributed by atoms with Crippen molar-refractivity contribution in [3.63, 3.8) is 0 Å². The van der Waals surface area contributed by atoms with Gasteiger partial charge < -0.3 is 15.0 Å². The van der Waals surface area contributed by atoms with Crippen LogP contribution in [0.25, 0.3) is 21.7 Å². The van der Waals surface area contributed by atoms with Crippen molar-refractivity contribution < 1.29 is 18.7 Å². The summed E-state index contributed by atoms with van der Waals surface area (Å²) in [7, 11) is 0. The topological polar surface area (TPSA) is 115 Å². The Bertz CT molecular complexity index is 1500. The van der Waals surface area contributed by atoms with Crippen molar-refractivity contribution in [1.82, 2.24) is 15.2 Å². The molecule has 1 aliphatic heterocycles. The zero-order valence-electron chi connectivity index (χ0n) is 21.0. The predicted molar refractivity (Wildman–Crippen MR) is 136 cm³/mol. The highest BCUT2D eigenvalue weighted by Crippen LogP contribution is 2.43. The van der Waals surface area contributed by atoms with E-state index in [1.54, 1.807) is 39.0 Å². The maximum absolute atomic E-state index is 15.2. The highest BCUT2D eigenvalue weighted by molar-refractivity contribution is 6.05. The minimum absolute atomic E-state index is 0.0129. The molecule has 2 bridgehead atoms. The molecule has 1 aromatic heterocycles. The van der Waals surface area contributed by atoms with Gasteiger partial charge in [-0.2, -0.15) is 5.26 Å². The summed E-state index contributed by atoms with van der Waals surface area (Å²) in [5.41, 5.74) is -0.305. The summed E-state index contributed by atoms with van der Waals surface area (Å²) in [4.78, 5) is 43.2. The largest absolute Gasteiger partial charge is 0.444 e. The summed E-state index contributed by atoms with van der Waals surface area (Å²) in [5, 5.41) is 14.0. The second kappa shape index (κ2) is 9.18. The monoisotopic (exact) mass is 504 g/mol. The van der Waals surface area contributed by atoms with Gasteiger partial charge in [-0.25, -0.2) is 9.18 Å². The van der Waals surface area contributed by atoms with E-state index >= 15 is 4.39 Å². The number of hydrogen-bond acceptors (Lipinski definition) is 5. The number of carbonyl (C=O) groups is 2. The first-order valence-corrected chi connectivity index (χ1v) is 12.5. The number of nitrogens with zero attached hydrogens (tertiary/aromatic N) is 2. The van der Waals surface area contributed by atoms with Crippen LogP contribution in [0, 0.1) is 23.1 Å². The number of amides is 2. The number of nitriles is 1. The van der Waals surface area contributed by atoms with Crippen molar-refractivity contribution in [3.05, 3.63) is 58.1 Å². The van der Waals surface area contributed by atoms with Gasteiger partial charge in [-0.1, -0.05) is 18.2 Å². The Kier molecular flexibility index (Phi) is 6.14. The van der Waals surface area contributed by atoms with E-state index in [0.29, 0.717) is 28.1 Å². The third kappa shape index (κ3) is 4.64. The molecule has 2 aliphatic rings. The molecule has 1 saturated heterocycles. The fraction of sp³-hybridized carbons (Fsp3) is 0.429. The molecule has 37 heavy (non-hydrogen) atoms. The predicted octanol–water partition coefficient (Wildman–Crippen LogP) is 4.16. The molecule has 1 aliphatic carbocycles. The van der Waals surface area contributed by atoms with Crippen LogP contribution in [0.4, 0.5) is 9.18 Å². The number of benzene rings is 2.